The first-order valence-corrected chi connectivity index (χ1v) is 9.46. The van der Waals surface area contributed by atoms with Crippen molar-refractivity contribution in [3.05, 3.63) is 65.2 Å². The highest BCUT2D eigenvalue weighted by Gasteiger charge is 2.17. The molecule has 0 saturated carbocycles. The largest absolute Gasteiger partial charge is 0.497 e. The fourth-order valence-corrected chi connectivity index (χ4v) is 2.65. The number of carbonyl (C=O) groups is 3. The van der Waals surface area contributed by atoms with Crippen LogP contribution in [0.3, 0.4) is 0 Å². The Morgan fingerprint density at radius 1 is 1.03 bits per heavy atom. The molecule has 0 saturated heterocycles. The maximum Gasteiger partial charge on any atom is 0.331 e. The molecule has 2 rings (SSSR count). The van der Waals surface area contributed by atoms with Crippen molar-refractivity contribution >= 4 is 29.5 Å². The van der Waals surface area contributed by atoms with E-state index in [1.807, 2.05) is 32.0 Å². The van der Waals surface area contributed by atoms with Gasteiger partial charge in [0.2, 0.25) is 5.91 Å². The minimum absolute atomic E-state index is 0.226. The third-order valence-electron chi connectivity index (χ3n) is 4.36. The molecule has 0 fully saturated rings. The van der Waals surface area contributed by atoms with Crippen LogP contribution in [0.2, 0.25) is 0 Å². The maximum absolute atomic E-state index is 12.1. The summed E-state index contributed by atoms with van der Waals surface area (Å²) in [7, 11) is 1.57. The van der Waals surface area contributed by atoms with Crippen LogP contribution in [0.5, 0.6) is 5.75 Å². The van der Waals surface area contributed by atoms with Gasteiger partial charge in [0.05, 0.1) is 13.7 Å². The molecule has 0 aromatic heterocycles. The summed E-state index contributed by atoms with van der Waals surface area (Å²) >= 11 is 0. The molecule has 158 valence electrons. The van der Waals surface area contributed by atoms with E-state index in [2.05, 4.69) is 10.6 Å². The van der Waals surface area contributed by atoms with Gasteiger partial charge in [-0.3, -0.25) is 9.59 Å². The molecule has 2 N–H and O–H groups in total. The topological polar surface area (TPSA) is 93.7 Å². The summed E-state index contributed by atoms with van der Waals surface area (Å²) in [6.07, 6.45) is 1.77. The van der Waals surface area contributed by atoms with Gasteiger partial charge < -0.3 is 20.1 Å². The number of methoxy groups -OCH3 is 1. The monoisotopic (exact) mass is 410 g/mol. The average Bonchev–Trinajstić information content (AvgIpc) is 2.73. The van der Waals surface area contributed by atoms with E-state index in [0.29, 0.717) is 5.75 Å². The molecular formula is C23H26N2O5. The molecule has 0 bridgehead atoms. The second-order valence-corrected chi connectivity index (χ2v) is 6.72. The van der Waals surface area contributed by atoms with Crippen molar-refractivity contribution in [1.82, 2.24) is 5.32 Å². The van der Waals surface area contributed by atoms with Crippen LogP contribution in [0.15, 0.2) is 48.5 Å². The number of hydrogen-bond acceptors (Lipinski definition) is 5. The summed E-state index contributed by atoms with van der Waals surface area (Å²) in [4.78, 5) is 36.1. The standard InChI is InChI=1S/C23H26N2O5/c1-15-6-5-7-16(2)22(15)25-20(26)14-24-23(28)17(3)30-21(27)13-10-18-8-11-19(29-4)12-9-18/h5-13,17H,14H2,1-4H3,(H,24,28)(H,25,26)/b13-10+. The molecule has 0 spiro atoms. The highest BCUT2D eigenvalue weighted by molar-refractivity contribution is 5.96. The second kappa shape index (κ2) is 10.8. The smallest absolute Gasteiger partial charge is 0.331 e. The summed E-state index contributed by atoms with van der Waals surface area (Å²) in [6.45, 7) is 5.00. The average molecular weight is 410 g/mol. The van der Waals surface area contributed by atoms with Crippen molar-refractivity contribution in [2.24, 2.45) is 0 Å². The quantitative estimate of drug-likeness (QED) is 0.515. The minimum Gasteiger partial charge on any atom is -0.497 e. The van der Waals surface area contributed by atoms with E-state index in [9.17, 15) is 14.4 Å². The molecule has 7 heteroatoms. The first-order valence-electron chi connectivity index (χ1n) is 9.46. The fourth-order valence-electron chi connectivity index (χ4n) is 2.65. The molecule has 0 aliphatic heterocycles. The van der Waals surface area contributed by atoms with Crippen LogP contribution in [0.4, 0.5) is 5.69 Å². The van der Waals surface area contributed by atoms with Gasteiger partial charge in [0.15, 0.2) is 6.10 Å². The lowest BCUT2D eigenvalue weighted by Gasteiger charge is -2.14. The summed E-state index contributed by atoms with van der Waals surface area (Å²) in [5, 5.41) is 5.25. The van der Waals surface area contributed by atoms with E-state index in [0.717, 1.165) is 22.4 Å². The van der Waals surface area contributed by atoms with E-state index in [1.54, 1.807) is 37.5 Å². The van der Waals surface area contributed by atoms with Crippen LogP contribution in [-0.4, -0.2) is 37.5 Å². The molecule has 1 unspecified atom stereocenters. The number of carbonyl (C=O) groups excluding carboxylic acids is 3. The molecule has 7 nitrogen and oxygen atoms in total. The van der Waals surface area contributed by atoms with Gasteiger partial charge in [0.25, 0.3) is 5.91 Å². The van der Waals surface area contributed by atoms with Crippen molar-refractivity contribution in [3.8, 4) is 5.75 Å². The second-order valence-electron chi connectivity index (χ2n) is 6.72. The Morgan fingerprint density at radius 3 is 2.27 bits per heavy atom. The lowest BCUT2D eigenvalue weighted by Crippen LogP contribution is -2.40. The number of anilines is 1. The van der Waals surface area contributed by atoms with Gasteiger partial charge in [-0.25, -0.2) is 4.79 Å². The highest BCUT2D eigenvalue weighted by atomic mass is 16.5. The van der Waals surface area contributed by atoms with Gasteiger partial charge in [-0.05, 0) is 55.7 Å². The van der Waals surface area contributed by atoms with E-state index in [-0.39, 0.29) is 12.5 Å². The zero-order chi connectivity index (χ0) is 22.1. The zero-order valence-electron chi connectivity index (χ0n) is 17.5. The molecule has 1 atom stereocenters. The Bertz CT molecular complexity index is 915. The van der Waals surface area contributed by atoms with Crippen LogP contribution in [0.25, 0.3) is 6.08 Å². The highest BCUT2D eigenvalue weighted by Crippen LogP contribution is 2.19. The third kappa shape index (κ3) is 6.77. The minimum atomic E-state index is -1.04. The number of ether oxygens (including phenoxy) is 2. The van der Waals surface area contributed by atoms with Crippen molar-refractivity contribution in [1.29, 1.82) is 0 Å². The number of aryl methyl sites for hydroxylation is 2. The van der Waals surface area contributed by atoms with E-state index >= 15 is 0 Å². The molecule has 0 radical (unpaired) electrons. The van der Waals surface area contributed by atoms with Crippen LogP contribution in [-0.2, 0) is 19.1 Å². The van der Waals surface area contributed by atoms with Crippen molar-refractivity contribution in [2.75, 3.05) is 19.0 Å². The van der Waals surface area contributed by atoms with Gasteiger partial charge in [-0.2, -0.15) is 0 Å². The predicted molar refractivity (Wildman–Crippen MR) is 115 cm³/mol. The summed E-state index contributed by atoms with van der Waals surface area (Å²) < 4.78 is 10.1. The zero-order valence-corrected chi connectivity index (χ0v) is 17.5. The van der Waals surface area contributed by atoms with E-state index in [1.165, 1.54) is 13.0 Å². The van der Waals surface area contributed by atoms with Gasteiger partial charge in [0, 0.05) is 11.8 Å². The Morgan fingerprint density at radius 2 is 1.67 bits per heavy atom. The Hall–Kier alpha value is -3.61. The van der Waals surface area contributed by atoms with Crippen LogP contribution >= 0.6 is 0 Å². The van der Waals surface area contributed by atoms with E-state index in [4.69, 9.17) is 9.47 Å². The predicted octanol–water partition coefficient (Wildman–Crippen LogP) is 3.01. The summed E-state index contributed by atoms with van der Waals surface area (Å²) in [5.41, 5.74) is 3.37. The van der Waals surface area contributed by atoms with Crippen LogP contribution < -0.4 is 15.4 Å². The molecule has 0 aliphatic rings. The lowest BCUT2D eigenvalue weighted by molar-refractivity contribution is -0.150. The van der Waals surface area contributed by atoms with Gasteiger partial charge in [0.1, 0.15) is 5.75 Å². The van der Waals surface area contributed by atoms with Crippen LogP contribution in [0.1, 0.15) is 23.6 Å². The normalized spacial score (nSPS) is 11.6. The number of hydrogen-bond donors (Lipinski definition) is 2. The molecule has 0 heterocycles. The Labute approximate surface area is 176 Å². The molecule has 0 aliphatic carbocycles. The van der Waals surface area contributed by atoms with Gasteiger partial charge >= 0.3 is 5.97 Å². The first-order chi connectivity index (χ1) is 14.3. The van der Waals surface area contributed by atoms with Crippen molar-refractivity contribution < 1.29 is 23.9 Å². The molecule has 2 amide bonds. The summed E-state index contributed by atoms with van der Waals surface area (Å²) in [6, 6.07) is 12.8. The Kier molecular flexibility index (Phi) is 8.17. The number of rotatable bonds is 8. The Balaban J connectivity index is 1.80. The molecular weight excluding hydrogens is 384 g/mol. The fraction of sp³-hybridized carbons (Fsp3) is 0.261. The number of benzene rings is 2. The van der Waals surface area contributed by atoms with Crippen molar-refractivity contribution in [2.45, 2.75) is 26.9 Å². The number of amides is 2. The molecule has 30 heavy (non-hydrogen) atoms. The third-order valence-corrected chi connectivity index (χ3v) is 4.36. The van der Waals surface area contributed by atoms with Crippen molar-refractivity contribution in [3.63, 3.8) is 0 Å². The number of esters is 1. The summed E-state index contributed by atoms with van der Waals surface area (Å²) in [5.74, 6) is -0.869. The van der Waals surface area contributed by atoms with E-state index < -0.39 is 18.0 Å². The van der Waals surface area contributed by atoms with Crippen LogP contribution in [0, 0.1) is 13.8 Å². The maximum atomic E-state index is 12.1. The molecule has 2 aromatic carbocycles. The van der Waals surface area contributed by atoms with Gasteiger partial charge in [-0.1, -0.05) is 30.3 Å². The molecule has 2 aromatic rings. The van der Waals surface area contributed by atoms with Gasteiger partial charge in [-0.15, -0.1) is 0 Å². The first kappa shape index (κ1) is 22.7. The number of para-hydroxylation sites is 1. The number of nitrogens with one attached hydrogen (secondary N) is 2. The SMILES string of the molecule is COc1ccc(/C=C/C(=O)OC(C)C(=O)NCC(=O)Nc2c(C)cccc2C)cc1. The lowest BCUT2D eigenvalue weighted by atomic mass is 10.1.